The number of nitrogen functional groups attached to an aromatic ring is 1. The minimum atomic E-state index is -3.71. The third kappa shape index (κ3) is 22.2. The summed E-state index contributed by atoms with van der Waals surface area (Å²) in [5.41, 5.74) is 8.54. The number of benzene rings is 4. The number of carboxylic acids is 1. The van der Waals surface area contributed by atoms with Gasteiger partial charge in [0.05, 0.1) is 72.3 Å². The van der Waals surface area contributed by atoms with Crippen molar-refractivity contribution < 1.29 is 78.8 Å². The molecule has 0 aliphatic rings. The van der Waals surface area contributed by atoms with E-state index >= 15 is 0 Å². The van der Waals surface area contributed by atoms with E-state index < -0.39 is 25.6 Å². The molecule has 25 heteroatoms. The molecule has 392 valence electrons. The third-order valence-electron chi connectivity index (χ3n) is 9.66. The molecule has 21 nitrogen and oxygen atoms in total. The molecule has 0 spiro atoms. The van der Waals surface area contributed by atoms with Crippen LogP contribution in [0.1, 0.15) is 47.9 Å². The SMILES string of the molecule is COc1cc(OC)c(/C=C/S(=O)(=O)Cc2ccc(OC)c(N)c2)c(OC)c1.COc1cc(OC)c(/C=C/S(=O)(=O)Cc2ccc(OC)c(NC(=O)CCCN=CB=O)c2)c(OC)c1.O=BC=NCCCC(=O)O. The van der Waals surface area contributed by atoms with Crippen LogP contribution in [0.25, 0.3) is 12.2 Å². The number of amides is 1. The number of sulfone groups is 2. The second kappa shape index (κ2) is 32.4. The molecule has 0 unspecified atom stereocenters. The molecule has 0 saturated carbocycles. The second-order valence-corrected chi connectivity index (χ2v) is 18.5. The number of methoxy groups -OCH3 is 8. The van der Waals surface area contributed by atoms with Gasteiger partial charge in [-0.1, -0.05) is 6.07 Å². The molecule has 0 fully saturated rings. The van der Waals surface area contributed by atoms with Gasteiger partial charge in [-0.2, -0.15) is 0 Å². The first kappa shape index (κ1) is 61.6. The zero-order valence-corrected chi connectivity index (χ0v) is 43.4. The number of carboxylic acid groups (broad SMARTS) is 1. The van der Waals surface area contributed by atoms with E-state index in [-0.39, 0.29) is 30.3 Å². The summed E-state index contributed by atoms with van der Waals surface area (Å²) in [6.45, 7) is 0.753. The molecule has 4 aromatic carbocycles. The number of carbonyl (C=O) groups excluding carboxylic acids is 1. The van der Waals surface area contributed by atoms with Gasteiger partial charge in [-0.25, -0.2) is 16.8 Å². The number of hydrogen-bond donors (Lipinski definition) is 3. The summed E-state index contributed by atoms with van der Waals surface area (Å²) in [7, 11) is 5.76. The van der Waals surface area contributed by atoms with Crippen molar-refractivity contribution in [3.05, 3.63) is 93.7 Å². The summed E-state index contributed by atoms with van der Waals surface area (Å²) >= 11 is 0. The molecule has 0 aromatic heterocycles. The number of nitrogens with zero attached hydrogens (tertiary/aromatic N) is 2. The Balaban J connectivity index is 0.000000432. The van der Waals surface area contributed by atoms with Crippen molar-refractivity contribution in [2.24, 2.45) is 9.98 Å². The van der Waals surface area contributed by atoms with Gasteiger partial charge in [-0.05, 0) is 29.8 Å². The summed E-state index contributed by atoms with van der Waals surface area (Å²) in [4.78, 5) is 29.6. The predicted octanol–water partition coefficient (Wildman–Crippen LogP) is 5.92. The molecule has 4 rings (SSSR count). The van der Waals surface area contributed by atoms with Crippen LogP contribution in [0, 0.1) is 0 Å². The van der Waals surface area contributed by atoms with Gasteiger partial charge >= 0.3 is 179 Å². The zero-order chi connectivity index (χ0) is 54.4. The molecule has 73 heavy (non-hydrogen) atoms. The Morgan fingerprint density at radius 2 is 0.973 bits per heavy atom. The Hall–Kier alpha value is -7.53. The molecule has 0 aliphatic carbocycles. The van der Waals surface area contributed by atoms with E-state index in [0.717, 1.165) is 23.0 Å². The van der Waals surface area contributed by atoms with E-state index in [4.69, 9.17) is 48.7 Å². The molecule has 0 saturated heterocycles. The van der Waals surface area contributed by atoms with E-state index in [1.807, 2.05) is 0 Å². The van der Waals surface area contributed by atoms with E-state index in [9.17, 15) is 35.8 Å². The Kier molecular flexibility index (Phi) is 27.4. The maximum absolute atomic E-state index is 12.9. The van der Waals surface area contributed by atoms with Gasteiger partial charge < -0.3 is 38.9 Å². The number of aliphatic carboxylic acids is 1. The first-order valence-corrected chi connectivity index (χ1v) is 25.2. The van der Waals surface area contributed by atoms with Crippen molar-refractivity contribution in [3.8, 4) is 46.0 Å². The van der Waals surface area contributed by atoms with Crippen LogP contribution in [-0.4, -0.2) is 130 Å². The Morgan fingerprint density at radius 1 is 0.575 bits per heavy atom. The predicted molar refractivity (Wildman–Crippen MR) is 280 cm³/mol. The van der Waals surface area contributed by atoms with E-state index in [0.29, 0.717) is 120 Å². The van der Waals surface area contributed by atoms with E-state index in [2.05, 4.69) is 15.3 Å². The fourth-order valence-electron chi connectivity index (χ4n) is 6.21. The van der Waals surface area contributed by atoms with Gasteiger partial charge in [0.25, 0.3) is 0 Å². The quantitative estimate of drug-likeness (QED) is 0.0270. The van der Waals surface area contributed by atoms with Crippen molar-refractivity contribution >= 4 is 81.6 Å². The maximum atomic E-state index is 12.9. The van der Waals surface area contributed by atoms with Crippen LogP contribution in [0.15, 0.2) is 81.5 Å². The molecule has 1 amide bonds. The number of aliphatic imine (C=N–C) groups is 2. The Morgan fingerprint density at radius 3 is 1.34 bits per heavy atom. The minimum absolute atomic E-state index is 0.107. The van der Waals surface area contributed by atoms with Gasteiger partial charge in [-0.15, -0.1) is 0 Å². The van der Waals surface area contributed by atoms with Crippen LogP contribution in [0.2, 0.25) is 0 Å². The number of nitrogens with one attached hydrogen (secondary N) is 1. The Bertz CT molecular complexity index is 2770. The summed E-state index contributed by atoms with van der Waals surface area (Å²) in [5, 5.41) is 13.1. The van der Waals surface area contributed by atoms with Crippen LogP contribution in [0.4, 0.5) is 11.4 Å². The van der Waals surface area contributed by atoms with Crippen LogP contribution in [-0.2, 0) is 50.2 Å². The number of anilines is 2. The summed E-state index contributed by atoms with van der Waals surface area (Å²) in [6, 6.07) is 16.2. The van der Waals surface area contributed by atoms with Gasteiger partial charge in [0.1, 0.15) is 40.2 Å². The van der Waals surface area contributed by atoms with Crippen LogP contribution in [0.5, 0.6) is 46.0 Å². The molecule has 0 heterocycles. The summed E-state index contributed by atoms with van der Waals surface area (Å²) in [5.74, 6) is 1.98. The van der Waals surface area contributed by atoms with Crippen LogP contribution < -0.4 is 48.9 Å². The number of nitrogens with two attached hydrogens (primary N) is 1. The first-order valence-electron chi connectivity index (χ1n) is 21.8. The molecule has 4 N–H and O–H groups in total. The van der Waals surface area contributed by atoms with Crippen molar-refractivity contribution in [2.75, 3.05) is 81.0 Å². The number of ether oxygens (including phenoxy) is 8. The van der Waals surface area contributed by atoms with Crippen molar-refractivity contribution in [1.82, 2.24) is 0 Å². The number of rotatable bonds is 27. The van der Waals surface area contributed by atoms with Crippen LogP contribution in [0.3, 0.4) is 0 Å². The number of carbonyl (C=O) groups is 2. The molecule has 0 atom stereocenters. The Labute approximate surface area is 426 Å². The molecule has 4 aromatic rings. The normalized spacial score (nSPS) is 11.1. The molecular weight excluding hydrogens is 990 g/mol. The van der Waals surface area contributed by atoms with Crippen molar-refractivity contribution in [3.63, 3.8) is 0 Å². The zero-order valence-electron chi connectivity index (χ0n) is 41.8. The average Bonchev–Trinajstić information content (AvgIpc) is 3.36. The topological polar surface area (TPSA) is 293 Å². The standard InChI is InChI=1S/C24H29BN2O8S.C19H23NO6S.C5H8BNO3/c1-32-18-13-22(34-3)19(23(14-18)35-4)9-11-36(30,31)15-17-7-8-21(33-2)20(12-17)27-24(28)6-5-10-26-16-25-29;1-23-14-10-18(25-3)15(19(11-14)26-4)7-8-27(21,22)12-13-5-6-17(24-2)16(20)9-13;8-5(9)2-1-3-7-4-6-10/h7-9,11-14,16H,5-6,10,15H2,1-4H3,(H,27,28);5-11H,12,20H2,1-4H3;4H,1-3H2,(H,8,9)/b11-9+,26-16?;8-7+;. The molecule has 0 aliphatic heterocycles. The van der Waals surface area contributed by atoms with Gasteiger partial charge in [0.2, 0.25) is 0 Å². The fraction of sp³-hybridized carbons (Fsp3) is 0.333. The fourth-order valence-corrected chi connectivity index (χ4v) is 8.38. The van der Waals surface area contributed by atoms with E-state index in [1.165, 1.54) is 69.0 Å². The molecule has 0 bridgehead atoms. The second-order valence-electron chi connectivity index (χ2n) is 14.8. The van der Waals surface area contributed by atoms with E-state index in [1.54, 1.807) is 60.7 Å². The average molecular weight is 1050 g/mol. The van der Waals surface area contributed by atoms with Crippen LogP contribution >= 0.6 is 0 Å². The molecule has 0 radical (unpaired) electrons. The van der Waals surface area contributed by atoms with Gasteiger partial charge in [-0.3, -0.25) is 0 Å². The van der Waals surface area contributed by atoms with Crippen molar-refractivity contribution in [1.29, 1.82) is 0 Å². The van der Waals surface area contributed by atoms with Gasteiger partial charge in [0.15, 0.2) is 9.84 Å². The van der Waals surface area contributed by atoms with Crippen molar-refractivity contribution in [2.45, 2.75) is 37.2 Å². The van der Waals surface area contributed by atoms with Gasteiger partial charge in [0, 0.05) is 35.1 Å². The summed E-state index contributed by atoms with van der Waals surface area (Å²) < 4.78 is 113. The summed E-state index contributed by atoms with van der Waals surface area (Å²) in [6.07, 6.45) is 6.34. The molecular formula is C48H60B2N4O17S2. The number of hydrogen-bond acceptors (Lipinski definition) is 19. The monoisotopic (exact) mass is 1050 g/mol. The third-order valence-corrected chi connectivity index (χ3v) is 12.2. The first-order chi connectivity index (χ1) is 34.9.